The van der Waals surface area contributed by atoms with E-state index in [1.165, 1.54) is 11.0 Å². The van der Waals surface area contributed by atoms with Crippen LogP contribution in [0.3, 0.4) is 0 Å². The van der Waals surface area contributed by atoms with Gasteiger partial charge in [-0.25, -0.2) is 9.18 Å². The maximum absolute atomic E-state index is 14.7. The van der Waals surface area contributed by atoms with Gasteiger partial charge in [0.1, 0.15) is 11.9 Å². The predicted octanol–water partition coefficient (Wildman–Crippen LogP) is 1.25. The molecule has 2 aliphatic rings. The molecule has 0 spiro atoms. The number of amides is 2. The molecule has 2 saturated heterocycles. The zero-order chi connectivity index (χ0) is 22.5. The van der Waals surface area contributed by atoms with Gasteiger partial charge in [0.2, 0.25) is 5.91 Å². The van der Waals surface area contributed by atoms with Gasteiger partial charge in [-0.2, -0.15) is 0 Å². The minimum absolute atomic E-state index is 0.144. The quantitative estimate of drug-likeness (QED) is 0.598. The number of carbonyl (C=O) groups is 2. The van der Waals surface area contributed by atoms with E-state index < -0.39 is 18.2 Å². The number of ether oxygens (including phenoxy) is 1. The highest BCUT2D eigenvalue weighted by Gasteiger charge is 2.33. The van der Waals surface area contributed by atoms with E-state index in [0.29, 0.717) is 17.8 Å². The second-order valence-corrected chi connectivity index (χ2v) is 8.03. The fraction of sp³-hybridized carbons (Fsp3) is 0.391. The summed E-state index contributed by atoms with van der Waals surface area (Å²) >= 11 is 0. The first-order valence-electron chi connectivity index (χ1n) is 10.8. The molecule has 2 aromatic rings. The van der Waals surface area contributed by atoms with Crippen molar-refractivity contribution in [2.24, 2.45) is 5.73 Å². The van der Waals surface area contributed by atoms with Crippen LogP contribution in [0.25, 0.3) is 0 Å². The Balaban J connectivity index is 1.31. The third kappa shape index (κ3) is 5.17. The lowest BCUT2D eigenvalue weighted by molar-refractivity contribution is -0.122. The van der Waals surface area contributed by atoms with Crippen LogP contribution >= 0.6 is 0 Å². The van der Waals surface area contributed by atoms with E-state index in [4.69, 9.17) is 10.5 Å². The molecule has 8 nitrogen and oxygen atoms in total. The van der Waals surface area contributed by atoms with Gasteiger partial charge < -0.3 is 26.0 Å². The molecule has 4 rings (SSSR count). The number of benzene rings is 2. The topological polar surface area (TPSA) is 99.9 Å². The van der Waals surface area contributed by atoms with Gasteiger partial charge in [0.25, 0.3) is 0 Å². The summed E-state index contributed by atoms with van der Waals surface area (Å²) < 4.78 is 20.1. The van der Waals surface area contributed by atoms with Crippen molar-refractivity contribution in [1.82, 2.24) is 10.6 Å². The predicted molar refractivity (Wildman–Crippen MR) is 120 cm³/mol. The molecule has 170 valence electrons. The van der Waals surface area contributed by atoms with Gasteiger partial charge in [0, 0.05) is 26.2 Å². The number of nitrogens with two attached hydrogens (primary N) is 1. The Morgan fingerprint density at radius 1 is 1.22 bits per heavy atom. The van der Waals surface area contributed by atoms with Crippen LogP contribution in [0.1, 0.15) is 5.56 Å². The van der Waals surface area contributed by atoms with Crippen LogP contribution in [0.2, 0.25) is 0 Å². The summed E-state index contributed by atoms with van der Waals surface area (Å²) in [7, 11) is 0. The van der Waals surface area contributed by atoms with Crippen LogP contribution in [0.4, 0.5) is 20.6 Å². The van der Waals surface area contributed by atoms with E-state index in [1.54, 1.807) is 12.1 Å². The van der Waals surface area contributed by atoms with Gasteiger partial charge in [-0.05, 0) is 30.2 Å². The van der Waals surface area contributed by atoms with Crippen molar-refractivity contribution in [3.8, 4) is 0 Å². The van der Waals surface area contributed by atoms with E-state index in [2.05, 4.69) is 10.6 Å². The molecule has 2 amide bonds. The van der Waals surface area contributed by atoms with Crippen molar-refractivity contribution in [2.75, 3.05) is 49.1 Å². The van der Waals surface area contributed by atoms with E-state index in [9.17, 15) is 14.0 Å². The first-order valence-corrected chi connectivity index (χ1v) is 10.8. The van der Waals surface area contributed by atoms with E-state index in [0.717, 1.165) is 31.7 Å². The van der Waals surface area contributed by atoms with Crippen LogP contribution in [0.5, 0.6) is 0 Å². The minimum atomic E-state index is -0.697. The largest absolute Gasteiger partial charge is 0.442 e. The molecule has 0 bridgehead atoms. The average molecular weight is 442 g/mol. The summed E-state index contributed by atoms with van der Waals surface area (Å²) in [6, 6.07) is 13.6. The SMILES string of the molecule is N[C@H](Cc1ccccc1)C(=O)NCC1CN(c2ccc(N3CCNCC3)c(F)c2)C(=O)O1. The molecule has 2 atom stereocenters. The molecular formula is C23H28FN5O3. The highest BCUT2D eigenvalue weighted by atomic mass is 19.1. The Hall–Kier alpha value is -3.17. The van der Waals surface area contributed by atoms with Gasteiger partial charge in [0.05, 0.1) is 30.5 Å². The highest BCUT2D eigenvalue weighted by Crippen LogP contribution is 2.28. The number of rotatable bonds is 7. The van der Waals surface area contributed by atoms with Crippen molar-refractivity contribution in [3.05, 3.63) is 59.9 Å². The van der Waals surface area contributed by atoms with E-state index >= 15 is 0 Å². The lowest BCUT2D eigenvalue weighted by Crippen LogP contribution is -2.45. The molecule has 2 heterocycles. The average Bonchev–Trinajstić information content (AvgIpc) is 3.19. The number of hydrogen-bond acceptors (Lipinski definition) is 6. The Bertz CT molecular complexity index is 952. The zero-order valence-corrected chi connectivity index (χ0v) is 17.8. The molecule has 2 aromatic carbocycles. The second kappa shape index (κ2) is 9.97. The monoisotopic (exact) mass is 441 g/mol. The lowest BCUT2D eigenvalue weighted by Gasteiger charge is -2.30. The minimum Gasteiger partial charge on any atom is -0.442 e. The van der Waals surface area contributed by atoms with Crippen molar-refractivity contribution < 1.29 is 18.7 Å². The molecule has 32 heavy (non-hydrogen) atoms. The highest BCUT2D eigenvalue weighted by molar-refractivity contribution is 5.90. The Morgan fingerprint density at radius 3 is 2.69 bits per heavy atom. The zero-order valence-electron chi connectivity index (χ0n) is 17.8. The van der Waals surface area contributed by atoms with E-state index in [-0.39, 0.29) is 24.8 Å². The molecule has 1 unspecified atom stereocenters. The molecule has 2 aliphatic heterocycles. The fourth-order valence-electron chi connectivity index (χ4n) is 3.97. The summed E-state index contributed by atoms with van der Waals surface area (Å²) in [5, 5.41) is 5.98. The van der Waals surface area contributed by atoms with Crippen LogP contribution < -0.4 is 26.2 Å². The Labute approximate surface area is 186 Å². The van der Waals surface area contributed by atoms with Gasteiger partial charge in [-0.1, -0.05) is 30.3 Å². The maximum Gasteiger partial charge on any atom is 0.414 e. The number of piperazine rings is 1. The number of halogens is 1. The molecule has 0 saturated carbocycles. The van der Waals surface area contributed by atoms with Gasteiger partial charge >= 0.3 is 6.09 Å². The summed E-state index contributed by atoms with van der Waals surface area (Å²) in [5.74, 6) is -0.685. The van der Waals surface area contributed by atoms with Crippen LogP contribution in [0.15, 0.2) is 48.5 Å². The molecule has 0 radical (unpaired) electrons. The molecule has 0 aromatic heterocycles. The Morgan fingerprint density at radius 2 is 1.97 bits per heavy atom. The summed E-state index contributed by atoms with van der Waals surface area (Å²) in [5.41, 5.74) is 7.92. The van der Waals surface area contributed by atoms with Crippen molar-refractivity contribution in [2.45, 2.75) is 18.6 Å². The van der Waals surface area contributed by atoms with Crippen LogP contribution in [0, 0.1) is 5.82 Å². The molecule has 0 aliphatic carbocycles. The lowest BCUT2D eigenvalue weighted by atomic mass is 10.1. The smallest absolute Gasteiger partial charge is 0.414 e. The Kier molecular flexibility index (Phi) is 6.87. The van der Waals surface area contributed by atoms with Gasteiger partial charge in [-0.3, -0.25) is 9.69 Å². The summed E-state index contributed by atoms with van der Waals surface area (Å²) in [6.07, 6.45) is -0.680. The number of cyclic esters (lactones) is 1. The fourth-order valence-corrected chi connectivity index (χ4v) is 3.97. The number of hydrogen-bond donors (Lipinski definition) is 3. The first-order chi connectivity index (χ1) is 15.5. The second-order valence-electron chi connectivity index (χ2n) is 8.03. The van der Waals surface area contributed by atoms with Gasteiger partial charge in [0.15, 0.2) is 0 Å². The maximum atomic E-state index is 14.7. The summed E-state index contributed by atoms with van der Waals surface area (Å²) in [6.45, 7) is 3.45. The molecular weight excluding hydrogens is 413 g/mol. The standard InChI is InChI=1S/C23H28FN5O3/c24-19-13-17(6-7-21(19)28-10-8-26-9-11-28)29-15-18(32-23(29)31)14-27-22(30)20(25)12-16-4-2-1-3-5-16/h1-7,13,18,20,26H,8-12,14-15,25H2,(H,27,30)/t18?,20-/m1/s1. The van der Waals surface area contributed by atoms with Crippen molar-refractivity contribution in [3.63, 3.8) is 0 Å². The normalized spacial score (nSPS) is 19.6. The number of carbonyl (C=O) groups excluding carboxylic acids is 2. The van der Waals surface area contributed by atoms with Crippen molar-refractivity contribution in [1.29, 1.82) is 0 Å². The number of nitrogens with one attached hydrogen (secondary N) is 2. The third-order valence-corrected chi connectivity index (χ3v) is 5.71. The third-order valence-electron chi connectivity index (χ3n) is 5.71. The van der Waals surface area contributed by atoms with Crippen LogP contribution in [-0.2, 0) is 16.0 Å². The summed E-state index contributed by atoms with van der Waals surface area (Å²) in [4.78, 5) is 28.0. The molecule has 4 N–H and O–H groups in total. The van der Waals surface area contributed by atoms with Crippen LogP contribution in [-0.4, -0.2) is 63.4 Å². The number of nitrogens with zero attached hydrogens (tertiary/aromatic N) is 2. The van der Waals surface area contributed by atoms with E-state index in [1.807, 2.05) is 35.2 Å². The number of anilines is 2. The molecule has 2 fully saturated rings. The molecule has 9 heteroatoms. The van der Waals surface area contributed by atoms with Crippen molar-refractivity contribution >= 4 is 23.4 Å². The van der Waals surface area contributed by atoms with Gasteiger partial charge in [-0.15, -0.1) is 0 Å². The first kappa shape index (κ1) is 22.0.